The number of benzene rings is 1. The zero-order valence-electron chi connectivity index (χ0n) is 7.47. The third-order valence-corrected chi connectivity index (χ3v) is 1.70. The van der Waals surface area contributed by atoms with Gasteiger partial charge in [-0.1, -0.05) is 42.5 Å². The highest BCUT2D eigenvalue weighted by molar-refractivity contribution is 6.00. The molecule has 0 bridgehead atoms. The van der Waals surface area contributed by atoms with E-state index in [1.54, 1.807) is 37.3 Å². The minimum Gasteiger partial charge on any atom is -0.381 e. The number of Topliss-reactive ketones (excluding diaryl/α,β-unsaturated/α-hetero) is 1. The maximum absolute atomic E-state index is 11.4. The predicted molar refractivity (Wildman–Crippen MR) is 51.6 cm³/mol. The summed E-state index contributed by atoms with van der Waals surface area (Å²) < 4.78 is 0. The fourth-order valence-corrected chi connectivity index (χ4v) is 1.04. The molecule has 0 aliphatic rings. The SMILES string of the molecule is C/C=C\C(O)C(=O)c1ccccc1. The van der Waals surface area contributed by atoms with E-state index in [1.165, 1.54) is 6.08 Å². The molecular formula is C11H12O2. The van der Waals surface area contributed by atoms with Crippen molar-refractivity contribution >= 4 is 5.78 Å². The first-order chi connectivity index (χ1) is 6.25. The zero-order valence-corrected chi connectivity index (χ0v) is 7.47. The van der Waals surface area contributed by atoms with Gasteiger partial charge in [0.15, 0.2) is 5.78 Å². The van der Waals surface area contributed by atoms with Crippen LogP contribution < -0.4 is 0 Å². The van der Waals surface area contributed by atoms with Gasteiger partial charge in [-0.2, -0.15) is 0 Å². The van der Waals surface area contributed by atoms with Gasteiger partial charge in [0.2, 0.25) is 0 Å². The molecule has 1 aromatic rings. The van der Waals surface area contributed by atoms with Crippen molar-refractivity contribution in [3.05, 3.63) is 48.0 Å². The van der Waals surface area contributed by atoms with Gasteiger partial charge in [-0.3, -0.25) is 4.79 Å². The van der Waals surface area contributed by atoms with Gasteiger partial charge in [0.1, 0.15) is 6.10 Å². The number of aliphatic hydroxyl groups excluding tert-OH is 1. The Morgan fingerprint density at radius 3 is 2.54 bits per heavy atom. The summed E-state index contributed by atoms with van der Waals surface area (Å²) >= 11 is 0. The van der Waals surface area contributed by atoms with Crippen molar-refractivity contribution in [3.63, 3.8) is 0 Å². The van der Waals surface area contributed by atoms with E-state index in [0.717, 1.165) is 0 Å². The van der Waals surface area contributed by atoms with Crippen molar-refractivity contribution in [2.24, 2.45) is 0 Å². The average Bonchev–Trinajstić information content (AvgIpc) is 2.18. The number of allylic oxidation sites excluding steroid dienone is 1. The lowest BCUT2D eigenvalue weighted by atomic mass is 10.1. The molecule has 1 aromatic carbocycles. The van der Waals surface area contributed by atoms with Crippen LogP contribution in [-0.2, 0) is 0 Å². The highest BCUT2D eigenvalue weighted by Crippen LogP contribution is 2.03. The van der Waals surface area contributed by atoms with Crippen molar-refractivity contribution < 1.29 is 9.90 Å². The molecule has 0 heterocycles. The smallest absolute Gasteiger partial charge is 0.195 e. The quantitative estimate of drug-likeness (QED) is 0.563. The number of hydrogen-bond donors (Lipinski definition) is 1. The Labute approximate surface area is 77.5 Å². The van der Waals surface area contributed by atoms with Gasteiger partial charge in [-0.05, 0) is 6.92 Å². The lowest BCUT2D eigenvalue weighted by molar-refractivity contribution is 0.0820. The van der Waals surface area contributed by atoms with Crippen LogP contribution in [0.3, 0.4) is 0 Å². The molecule has 0 saturated carbocycles. The normalized spacial score (nSPS) is 13.1. The molecule has 0 radical (unpaired) electrons. The Bertz CT molecular complexity index is 301. The second-order valence-electron chi connectivity index (χ2n) is 2.70. The second-order valence-corrected chi connectivity index (χ2v) is 2.70. The molecule has 13 heavy (non-hydrogen) atoms. The summed E-state index contributed by atoms with van der Waals surface area (Å²) in [6.07, 6.45) is 2.10. The lowest BCUT2D eigenvalue weighted by Crippen LogP contribution is -2.17. The number of carbonyl (C=O) groups is 1. The Hall–Kier alpha value is -1.41. The maximum atomic E-state index is 11.4. The molecule has 2 nitrogen and oxygen atoms in total. The summed E-state index contributed by atoms with van der Waals surface area (Å²) in [5.74, 6) is -0.265. The van der Waals surface area contributed by atoms with Crippen LogP contribution in [0.5, 0.6) is 0 Å². The van der Waals surface area contributed by atoms with E-state index in [2.05, 4.69) is 0 Å². The zero-order chi connectivity index (χ0) is 9.68. The molecule has 1 rings (SSSR count). The van der Waals surface area contributed by atoms with Crippen molar-refractivity contribution in [1.29, 1.82) is 0 Å². The molecule has 0 aliphatic heterocycles. The van der Waals surface area contributed by atoms with Gasteiger partial charge < -0.3 is 5.11 Å². The highest BCUT2D eigenvalue weighted by atomic mass is 16.3. The number of carbonyl (C=O) groups excluding carboxylic acids is 1. The first-order valence-electron chi connectivity index (χ1n) is 4.16. The second kappa shape index (κ2) is 4.58. The van der Waals surface area contributed by atoms with Crippen LogP contribution in [0.1, 0.15) is 17.3 Å². The molecule has 0 aliphatic carbocycles. The van der Waals surface area contributed by atoms with E-state index in [9.17, 15) is 9.90 Å². The highest BCUT2D eigenvalue weighted by Gasteiger charge is 2.12. The van der Waals surface area contributed by atoms with Crippen LogP contribution in [0, 0.1) is 0 Å². The van der Waals surface area contributed by atoms with E-state index in [1.807, 2.05) is 6.07 Å². The summed E-state index contributed by atoms with van der Waals surface area (Å²) in [6.45, 7) is 1.77. The average molecular weight is 176 g/mol. The van der Waals surface area contributed by atoms with Crippen molar-refractivity contribution in [2.75, 3.05) is 0 Å². The van der Waals surface area contributed by atoms with Crippen LogP contribution in [0.15, 0.2) is 42.5 Å². The molecule has 2 heteroatoms. The van der Waals surface area contributed by atoms with Gasteiger partial charge in [0.25, 0.3) is 0 Å². The largest absolute Gasteiger partial charge is 0.381 e. The molecule has 1 atom stereocenters. The Balaban J connectivity index is 2.80. The van der Waals surface area contributed by atoms with Crippen LogP contribution >= 0.6 is 0 Å². The number of rotatable bonds is 3. The van der Waals surface area contributed by atoms with Crippen LogP contribution in [0.25, 0.3) is 0 Å². The number of hydrogen-bond acceptors (Lipinski definition) is 2. The van der Waals surface area contributed by atoms with Crippen LogP contribution in [0.2, 0.25) is 0 Å². The summed E-state index contributed by atoms with van der Waals surface area (Å²) in [5, 5.41) is 9.33. The minimum absolute atomic E-state index is 0.265. The third-order valence-electron chi connectivity index (χ3n) is 1.70. The topological polar surface area (TPSA) is 37.3 Å². The van der Waals surface area contributed by atoms with E-state index in [-0.39, 0.29) is 5.78 Å². The Morgan fingerprint density at radius 1 is 1.38 bits per heavy atom. The molecule has 68 valence electrons. The lowest BCUT2D eigenvalue weighted by Gasteiger charge is -2.03. The molecule has 1 unspecified atom stereocenters. The van der Waals surface area contributed by atoms with E-state index < -0.39 is 6.10 Å². The molecule has 0 saturated heterocycles. The fourth-order valence-electron chi connectivity index (χ4n) is 1.04. The van der Waals surface area contributed by atoms with Gasteiger partial charge in [0.05, 0.1) is 0 Å². The van der Waals surface area contributed by atoms with Gasteiger partial charge in [-0.25, -0.2) is 0 Å². The third kappa shape index (κ3) is 2.53. The van der Waals surface area contributed by atoms with Crippen LogP contribution in [0.4, 0.5) is 0 Å². The number of aliphatic hydroxyl groups is 1. The maximum Gasteiger partial charge on any atom is 0.195 e. The monoisotopic (exact) mass is 176 g/mol. The minimum atomic E-state index is -1.02. The number of ketones is 1. The Morgan fingerprint density at radius 2 is 2.00 bits per heavy atom. The summed E-state index contributed by atoms with van der Waals surface area (Å²) in [4.78, 5) is 11.4. The van der Waals surface area contributed by atoms with Crippen LogP contribution in [-0.4, -0.2) is 17.0 Å². The standard InChI is InChI=1S/C11H12O2/c1-2-6-10(12)11(13)9-7-4-3-5-8-9/h2-8,10,12H,1H3/b6-2-. The first kappa shape index (κ1) is 9.68. The van der Waals surface area contributed by atoms with E-state index in [4.69, 9.17) is 0 Å². The van der Waals surface area contributed by atoms with Crippen molar-refractivity contribution in [2.45, 2.75) is 13.0 Å². The molecule has 0 fully saturated rings. The van der Waals surface area contributed by atoms with Gasteiger partial charge >= 0.3 is 0 Å². The first-order valence-corrected chi connectivity index (χ1v) is 4.16. The summed E-state index contributed by atoms with van der Waals surface area (Å²) in [5.41, 5.74) is 0.535. The molecule has 0 amide bonds. The van der Waals surface area contributed by atoms with Gasteiger partial charge in [0, 0.05) is 5.56 Å². The van der Waals surface area contributed by atoms with Crippen molar-refractivity contribution in [1.82, 2.24) is 0 Å². The summed E-state index contributed by atoms with van der Waals surface area (Å²) in [7, 11) is 0. The van der Waals surface area contributed by atoms with Crippen molar-refractivity contribution in [3.8, 4) is 0 Å². The molecular weight excluding hydrogens is 164 g/mol. The summed E-state index contributed by atoms with van der Waals surface area (Å²) in [6, 6.07) is 8.76. The Kier molecular flexibility index (Phi) is 3.41. The molecule has 0 spiro atoms. The molecule has 0 aromatic heterocycles. The predicted octanol–water partition coefficient (Wildman–Crippen LogP) is 1.81. The van der Waals surface area contributed by atoms with E-state index >= 15 is 0 Å². The van der Waals surface area contributed by atoms with Gasteiger partial charge in [-0.15, -0.1) is 0 Å². The fraction of sp³-hybridized carbons (Fsp3) is 0.182. The molecule has 1 N–H and O–H groups in total. The van der Waals surface area contributed by atoms with E-state index in [0.29, 0.717) is 5.56 Å².